The lowest BCUT2D eigenvalue weighted by Crippen LogP contribution is -2.07. The van der Waals surface area contributed by atoms with Gasteiger partial charge in [-0.3, -0.25) is 0 Å². The van der Waals surface area contributed by atoms with Gasteiger partial charge in [0.05, 0.1) is 0 Å². The van der Waals surface area contributed by atoms with E-state index in [0.717, 1.165) is 24.2 Å². The fourth-order valence-electron chi connectivity index (χ4n) is 1.89. The molecule has 1 unspecified atom stereocenters. The van der Waals surface area contributed by atoms with E-state index in [2.05, 4.69) is 32.0 Å². The lowest BCUT2D eigenvalue weighted by atomic mass is 9.96. The molecule has 0 fully saturated rings. The van der Waals surface area contributed by atoms with Gasteiger partial charge in [0.2, 0.25) is 0 Å². The smallest absolute Gasteiger partial charge is 0.127 e. The molecule has 1 nitrogen and oxygen atoms in total. The molecule has 19 heavy (non-hydrogen) atoms. The molecule has 0 aromatic rings. The SMILES string of the molecule is C=C/C=C1\C(=C)C2=C(C=CCC2)OP1C.CC.CC. The van der Waals surface area contributed by atoms with E-state index in [4.69, 9.17) is 4.52 Å². The number of hydrogen-bond acceptors (Lipinski definition) is 1. The highest BCUT2D eigenvalue weighted by molar-refractivity contribution is 7.57. The first-order valence-corrected chi connectivity index (χ1v) is 8.78. The van der Waals surface area contributed by atoms with Crippen LogP contribution in [-0.2, 0) is 4.52 Å². The highest BCUT2D eigenvalue weighted by Crippen LogP contribution is 2.55. The average molecular weight is 278 g/mol. The Bertz CT molecular complexity index is 399. The molecule has 0 radical (unpaired) electrons. The van der Waals surface area contributed by atoms with Crippen LogP contribution in [0.25, 0.3) is 0 Å². The van der Waals surface area contributed by atoms with Gasteiger partial charge in [-0.1, -0.05) is 59.1 Å². The zero-order valence-corrected chi connectivity index (χ0v) is 13.9. The molecule has 0 spiro atoms. The van der Waals surface area contributed by atoms with Crippen LogP contribution in [0.1, 0.15) is 40.5 Å². The molecule has 0 bridgehead atoms. The normalized spacial score (nSPS) is 22.5. The molecule has 2 rings (SSSR count). The van der Waals surface area contributed by atoms with Crippen molar-refractivity contribution in [1.82, 2.24) is 0 Å². The molecule has 0 saturated heterocycles. The van der Waals surface area contributed by atoms with Crippen molar-refractivity contribution in [3.05, 3.63) is 59.7 Å². The van der Waals surface area contributed by atoms with Crippen LogP contribution >= 0.6 is 8.15 Å². The second kappa shape index (κ2) is 9.81. The molecule has 1 heterocycles. The Morgan fingerprint density at radius 2 is 1.89 bits per heavy atom. The monoisotopic (exact) mass is 278 g/mol. The van der Waals surface area contributed by atoms with Crippen molar-refractivity contribution in [2.24, 2.45) is 0 Å². The van der Waals surface area contributed by atoms with Crippen LogP contribution < -0.4 is 0 Å². The van der Waals surface area contributed by atoms with Gasteiger partial charge in [-0.2, -0.15) is 0 Å². The van der Waals surface area contributed by atoms with E-state index >= 15 is 0 Å². The van der Waals surface area contributed by atoms with Crippen molar-refractivity contribution in [1.29, 1.82) is 0 Å². The van der Waals surface area contributed by atoms with Crippen molar-refractivity contribution in [2.45, 2.75) is 40.5 Å². The first-order chi connectivity index (χ1) is 9.24. The van der Waals surface area contributed by atoms with Crippen LogP contribution in [0.3, 0.4) is 0 Å². The van der Waals surface area contributed by atoms with Crippen molar-refractivity contribution in [3.8, 4) is 0 Å². The molecule has 0 saturated carbocycles. The summed E-state index contributed by atoms with van der Waals surface area (Å²) in [7, 11) is -0.563. The van der Waals surface area contributed by atoms with E-state index in [1.165, 1.54) is 10.9 Å². The first kappa shape index (κ1) is 17.9. The van der Waals surface area contributed by atoms with Gasteiger partial charge < -0.3 is 4.52 Å². The zero-order chi connectivity index (χ0) is 14.8. The molecular weight excluding hydrogens is 251 g/mol. The second-order valence-corrected chi connectivity index (χ2v) is 5.30. The molecule has 1 aliphatic carbocycles. The maximum atomic E-state index is 5.91. The molecule has 106 valence electrons. The van der Waals surface area contributed by atoms with E-state index in [0.29, 0.717) is 0 Å². The molecule has 1 atom stereocenters. The van der Waals surface area contributed by atoms with Gasteiger partial charge >= 0.3 is 0 Å². The number of allylic oxidation sites excluding steroid dienone is 7. The lowest BCUT2D eigenvalue weighted by molar-refractivity contribution is 0.481. The molecule has 0 N–H and O–H groups in total. The predicted octanol–water partition coefficient (Wildman–Crippen LogP) is 6.33. The summed E-state index contributed by atoms with van der Waals surface area (Å²) >= 11 is 0. The van der Waals surface area contributed by atoms with E-state index in [9.17, 15) is 0 Å². The van der Waals surface area contributed by atoms with Gasteiger partial charge in [0.1, 0.15) is 13.9 Å². The third-order valence-corrected chi connectivity index (χ3v) is 4.22. The highest BCUT2D eigenvalue weighted by Gasteiger charge is 2.26. The van der Waals surface area contributed by atoms with Crippen LogP contribution in [-0.4, -0.2) is 6.66 Å². The van der Waals surface area contributed by atoms with Crippen LogP contribution in [0, 0.1) is 0 Å². The summed E-state index contributed by atoms with van der Waals surface area (Å²) in [5.74, 6) is 1.03. The number of hydrogen-bond donors (Lipinski definition) is 0. The lowest BCUT2D eigenvalue weighted by Gasteiger charge is -2.30. The van der Waals surface area contributed by atoms with E-state index < -0.39 is 8.15 Å². The van der Waals surface area contributed by atoms with Gasteiger partial charge in [0.25, 0.3) is 0 Å². The molecule has 2 heteroatoms. The Labute approximate surface area is 120 Å². The van der Waals surface area contributed by atoms with Crippen LogP contribution in [0.5, 0.6) is 0 Å². The Hall–Kier alpha value is -1.07. The van der Waals surface area contributed by atoms with Gasteiger partial charge in [-0.15, -0.1) is 0 Å². The minimum Gasteiger partial charge on any atom is -0.469 e. The highest BCUT2D eigenvalue weighted by atomic mass is 31.1. The van der Waals surface area contributed by atoms with Crippen molar-refractivity contribution in [3.63, 3.8) is 0 Å². The van der Waals surface area contributed by atoms with Crippen LogP contribution in [0.4, 0.5) is 0 Å². The van der Waals surface area contributed by atoms with Crippen LogP contribution in [0.15, 0.2) is 59.7 Å². The molecule has 0 aromatic heterocycles. The predicted molar refractivity (Wildman–Crippen MR) is 89.4 cm³/mol. The standard InChI is InChI=1S/C13H15OP.2C2H6/c1-4-7-13-10(2)11-8-5-6-9-12(11)14-15(13)3;2*1-2/h4,6-7,9H,1-2,5,8H2,3H3;2*1-2H3/b13-7+;;. The Balaban J connectivity index is 0.000000741. The van der Waals surface area contributed by atoms with E-state index in [-0.39, 0.29) is 0 Å². The van der Waals surface area contributed by atoms with Gasteiger partial charge in [-0.05, 0) is 31.2 Å². The topological polar surface area (TPSA) is 9.23 Å². The van der Waals surface area contributed by atoms with Crippen molar-refractivity contribution < 1.29 is 4.52 Å². The molecule has 2 aliphatic rings. The third kappa shape index (κ3) is 4.51. The summed E-state index contributed by atoms with van der Waals surface area (Å²) in [4.78, 5) is 0. The molecule has 1 aliphatic heterocycles. The fourth-order valence-corrected chi connectivity index (χ4v) is 3.28. The Morgan fingerprint density at radius 1 is 1.26 bits per heavy atom. The molecule has 0 amide bonds. The number of rotatable bonds is 1. The van der Waals surface area contributed by atoms with E-state index in [1.807, 2.05) is 39.8 Å². The summed E-state index contributed by atoms with van der Waals surface area (Å²) in [5.41, 5.74) is 2.42. The van der Waals surface area contributed by atoms with Gasteiger partial charge in [0.15, 0.2) is 0 Å². The maximum absolute atomic E-state index is 5.91. The largest absolute Gasteiger partial charge is 0.469 e. The summed E-state index contributed by atoms with van der Waals surface area (Å²) in [6.45, 7) is 18.0. The summed E-state index contributed by atoms with van der Waals surface area (Å²) in [6, 6.07) is 0. The summed E-state index contributed by atoms with van der Waals surface area (Å²) in [5, 5.41) is 1.22. The zero-order valence-electron chi connectivity index (χ0n) is 13.0. The van der Waals surface area contributed by atoms with Crippen molar-refractivity contribution >= 4 is 8.15 Å². The van der Waals surface area contributed by atoms with Gasteiger partial charge in [0, 0.05) is 10.9 Å². The Morgan fingerprint density at radius 3 is 2.47 bits per heavy atom. The average Bonchev–Trinajstić information content (AvgIpc) is 2.48. The molecular formula is C17H27OP. The maximum Gasteiger partial charge on any atom is 0.127 e. The van der Waals surface area contributed by atoms with Crippen LogP contribution in [0.2, 0.25) is 0 Å². The second-order valence-electron chi connectivity index (χ2n) is 3.64. The molecule has 0 aromatic carbocycles. The quantitative estimate of drug-likeness (QED) is 0.509. The summed E-state index contributed by atoms with van der Waals surface area (Å²) in [6.07, 6.45) is 10.2. The first-order valence-electron chi connectivity index (χ1n) is 7.08. The van der Waals surface area contributed by atoms with Gasteiger partial charge in [-0.25, -0.2) is 0 Å². The minimum atomic E-state index is -0.563. The van der Waals surface area contributed by atoms with E-state index in [1.54, 1.807) is 0 Å². The minimum absolute atomic E-state index is 0.563. The fraction of sp³-hybridized carbons (Fsp3) is 0.412. The summed E-state index contributed by atoms with van der Waals surface area (Å²) < 4.78 is 5.91. The Kier molecular flexibility index (Phi) is 9.26. The van der Waals surface area contributed by atoms with Crippen molar-refractivity contribution in [2.75, 3.05) is 6.66 Å². The third-order valence-electron chi connectivity index (χ3n) is 2.65.